The van der Waals surface area contributed by atoms with E-state index in [1.807, 2.05) is 49.5 Å². The van der Waals surface area contributed by atoms with Gasteiger partial charge in [-0.1, -0.05) is 6.07 Å². The first-order valence-electron chi connectivity index (χ1n) is 11.0. The summed E-state index contributed by atoms with van der Waals surface area (Å²) in [5.41, 5.74) is 4.74. The molecule has 1 aliphatic heterocycles. The number of hydrogen-bond donors (Lipinski definition) is 2. The summed E-state index contributed by atoms with van der Waals surface area (Å²) in [6, 6.07) is 16.2. The fourth-order valence-electron chi connectivity index (χ4n) is 4.32. The minimum Gasteiger partial charge on any atom is -0.375 e. The Morgan fingerprint density at radius 2 is 2.06 bits per heavy atom. The lowest BCUT2D eigenvalue weighted by Crippen LogP contribution is -2.30. The van der Waals surface area contributed by atoms with Gasteiger partial charge in [-0.2, -0.15) is 0 Å². The molecule has 3 heterocycles. The Labute approximate surface area is 199 Å². The Morgan fingerprint density at radius 3 is 2.73 bits per heavy atom. The zero-order valence-electron chi connectivity index (χ0n) is 19.3. The van der Waals surface area contributed by atoms with Crippen molar-refractivity contribution >= 4 is 34.6 Å². The molecule has 0 aliphatic carbocycles. The van der Waals surface area contributed by atoms with E-state index in [4.69, 9.17) is 17.0 Å². The molecule has 2 aromatic heterocycles. The first-order chi connectivity index (χ1) is 15.9. The summed E-state index contributed by atoms with van der Waals surface area (Å²) in [4.78, 5) is 18.8. The van der Waals surface area contributed by atoms with Gasteiger partial charge in [0.05, 0.1) is 11.7 Å². The highest BCUT2D eigenvalue weighted by molar-refractivity contribution is 7.80. The maximum absolute atomic E-state index is 12.0. The van der Waals surface area contributed by atoms with E-state index in [1.165, 1.54) is 7.11 Å². The average Bonchev–Trinajstić information content (AvgIpc) is 3.40. The molecule has 1 aromatic carbocycles. The zero-order chi connectivity index (χ0) is 23.5. The van der Waals surface area contributed by atoms with E-state index in [9.17, 15) is 4.79 Å². The number of nitrogens with zero attached hydrogens (tertiary/aromatic N) is 3. The van der Waals surface area contributed by atoms with Crippen LogP contribution in [0.2, 0.25) is 0 Å². The van der Waals surface area contributed by atoms with E-state index in [-0.39, 0.29) is 24.6 Å². The quantitative estimate of drug-likeness (QED) is 0.502. The molecule has 0 bridgehead atoms. The van der Waals surface area contributed by atoms with Gasteiger partial charge in [-0.05, 0) is 81.0 Å². The molecule has 0 saturated carbocycles. The van der Waals surface area contributed by atoms with Gasteiger partial charge in [0, 0.05) is 42.6 Å². The highest BCUT2D eigenvalue weighted by atomic mass is 32.1. The third-order valence-corrected chi connectivity index (χ3v) is 6.12. The minimum absolute atomic E-state index is 0.0152. The molecule has 0 spiro atoms. The van der Waals surface area contributed by atoms with E-state index in [1.54, 1.807) is 0 Å². The first kappa shape index (κ1) is 22.9. The number of ether oxygens (including phenoxy) is 1. The van der Waals surface area contributed by atoms with Crippen molar-refractivity contribution in [2.75, 3.05) is 23.9 Å². The summed E-state index contributed by atoms with van der Waals surface area (Å²) < 4.78 is 7.19. The smallest absolute Gasteiger partial charge is 0.250 e. The second-order valence-electron chi connectivity index (χ2n) is 8.41. The lowest BCUT2D eigenvalue weighted by atomic mass is 10.00. The molecule has 1 saturated heterocycles. The molecule has 1 aliphatic rings. The lowest BCUT2D eigenvalue weighted by Gasteiger charge is -2.30. The summed E-state index contributed by atoms with van der Waals surface area (Å²) >= 11 is 5.83. The van der Waals surface area contributed by atoms with Crippen LogP contribution in [-0.2, 0) is 9.53 Å². The van der Waals surface area contributed by atoms with Gasteiger partial charge in [-0.25, -0.2) is 0 Å². The zero-order valence-corrected chi connectivity index (χ0v) is 20.1. The number of anilines is 2. The number of rotatable bonds is 7. The van der Waals surface area contributed by atoms with Crippen LogP contribution < -0.4 is 15.5 Å². The van der Waals surface area contributed by atoms with Gasteiger partial charge < -0.3 is 24.8 Å². The van der Waals surface area contributed by atoms with Crippen LogP contribution in [0.5, 0.6) is 0 Å². The minimum atomic E-state index is -0.186. The van der Waals surface area contributed by atoms with Crippen LogP contribution in [0.4, 0.5) is 11.4 Å². The third kappa shape index (κ3) is 4.62. The van der Waals surface area contributed by atoms with Crippen LogP contribution in [0.3, 0.4) is 0 Å². The number of aromatic nitrogens is 2. The van der Waals surface area contributed by atoms with E-state index >= 15 is 0 Å². The summed E-state index contributed by atoms with van der Waals surface area (Å²) in [5, 5.41) is 7.04. The number of thiocarbonyl (C=S) groups is 1. The van der Waals surface area contributed by atoms with Crippen molar-refractivity contribution in [3.05, 3.63) is 77.9 Å². The molecule has 1 fully saturated rings. The van der Waals surface area contributed by atoms with Gasteiger partial charge in [0.15, 0.2) is 5.11 Å². The van der Waals surface area contributed by atoms with Crippen LogP contribution >= 0.6 is 12.2 Å². The summed E-state index contributed by atoms with van der Waals surface area (Å²) in [5.74, 6) is -0.186. The molecule has 4 rings (SSSR count). The monoisotopic (exact) mass is 463 g/mol. The van der Waals surface area contributed by atoms with Crippen molar-refractivity contribution in [1.29, 1.82) is 0 Å². The Bertz CT molecular complexity index is 1140. The number of hydrogen-bond acceptors (Lipinski definition) is 4. The number of aryl methyl sites for hydroxylation is 1. The van der Waals surface area contributed by atoms with E-state index in [0.717, 1.165) is 28.3 Å². The Kier molecular flexibility index (Phi) is 6.76. The van der Waals surface area contributed by atoms with Gasteiger partial charge in [0.2, 0.25) is 5.91 Å². The number of nitrogens with one attached hydrogen (secondary N) is 2. The predicted octanol–water partition coefficient (Wildman–Crippen LogP) is 4.53. The van der Waals surface area contributed by atoms with Crippen molar-refractivity contribution in [2.24, 2.45) is 0 Å². The maximum atomic E-state index is 12.0. The van der Waals surface area contributed by atoms with Gasteiger partial charge in [0.25, 0.3) is 0 Å². The molecule has 2 N–H and O–H groups in total. The largest absolute Gasteiger partial charge is 0.375 e. The van der Waals surface area contributed by atoms with Crippen LogP contribution in [0, 0.1) is 6.92 Å². The topological polar surface area (TPSA) is 71.4 Å². The molecule has 2 unspecified atom stereocenters. The molecular formula is C25H29N5O2S. The number of pyridine rings is 1. The summed E-state index contributed by atoms with van der Waals surface area (Å²) in [7, 11) is 1.50. The lowest BCUT2D eigenvalue weighted by molar-refractivity contribution is -0.119. The van der Waals surface area contributed by atoms with Crippen LogP contribution in [0.15, 0.2) is 60.9 Å². The molecule has 172 valence electrons. The fourth-order valence-corrected chi connectivity index (χ4v) is 4.66. The summed E-state index contributed by atoms with van der Waals surface area (Å²) in [6.07, 6.45) is 3.91. The van der Waals surface area contributed by atoms with Crippen LogP contribution in [-0.4, -0.2) is 34.3 Å². The maximum Gasteiger partial charge on any atom is 0.250 e. The van der Waals surface area contributed by atoms with Gasteiger partial charge in [-0.15, -0.1) is 0 Å². The summed E-state index contributed by atoms with van der Waals surface area (Å²) in [6.45, 7) is 6.33. The normalized spacial score (nSPS) is 18.0. The molecule has 33 heavy (non-hydrogen) atoms. The van der Waals surface area contributed by atoms with Gasteiger partial charge in [0.1, 0.15) is 12.6 Å². The molecule has 2 atom stereocenters. The number of methoxy groups -OCH3 is 1. The molecule has 7 nitrogen and oxygen atoms in total. The van der Waals surface area contributed by atoms with Crippen molar-refractivity contribution in [1.82, 2.24) is 14.9 Å². The molecule has 1 amide bonds. The Morgan fingerprint density at radius 1 is 1.24 bits per heavy atom. The van der Waals surface area contributed by atoms with Gasteiger partial charge in [-0.3, -0.25) is 9.78 Å². The van der Waals surface area contributed by atoms with E-state index in [2.05, 4.69) is 57.3 Å². The standard InChI is InChI=1S/C25H29N5O2S/c1-16(2)29-13-7-9-21(29)24-23(20-8-5-6-12-26-20)28-25(33)30(24)18-10-11-19(17(3)14-18)27-22(31)15-32-4/h5-14,16,23-24H,15H2,1-4H3,(H,27,31)(H,28,33). The SMILES string of the molecule is COCC(=O)Nc1ccc(N2C(=S)NC(c3ccccn3)C2c2cccn2C(C)C)cc1C. The third-order valence-electron chi connectivity index (χ3n) is 5.81. The average molecular weight is 464 g/mol. The number of carbonyl (C=O) groups excluding carboxylic acids is 1. The van der Waals surface area contributed by atoms with E-state index in [0.29, 0.717) is 11.2 Å². The highest BCUT2D eigenvalue weighted by Gasteiger charge is 2.42. The second kappa shape index (κ2) is 9.72. The fraction of sp³-hybridized carbons (Fsp3) is 0.320. The Hall–Kier alpha value is -3.23. The first-order valence-corrected chi connectivity index (χ1v) is 11.4. The van der Waals surface area contributed by atoms with Crippen molar-refractivity contribution in [3.63, 3.8) is 0 Å². The molecule has 3 aromatic rings. The van der Waals surface area contributed by atoms with E-state index < -0.39 is 0 Å². The Balaban J connectivity index is 1.76. The van der Waals surface area contributed by atoms with Crippen molar-refractivity contribution in [2.45, 2.75) is 38.9 Å². The number of carbonyl (C=O) groups is 1. The molecular weight excluding hydrogens is 434 g/mol. The van der Waals surface area contributed by atoms with Crippen LogP contribution in [0.1, 0.15) is 48.9 Å². The number of benzene rings is 1. The van der Waals surface area contributed by atoms with Gasteiger partial charge >= 0.3 is 0 Å². The molecule has 8 heteroatoms. The highest BCUT2D eigenvalue weighted by Crippen LogP contribution is 2.42. The predicted molar refractivity (Wildman–Crippen MR) is 134 cm³/mol. The van der Waals surface area contributed by atoms with Crippen LogP contribution in [0.25, 0.3) is 0 Å². The van der Waals surface area contributed by atoms with Crippen molar-refractivity contribution in [3.8, 4) is 0 Å². The molecule has 0 radical (unpaired) electrons. The number of amides is 1. The van der Waals surface area contributed by atoms with Crippen molar-refractivity contribution < 1.29 is 9.53 Å². The second-order valence-corrected chi connectivity index (χ2v) is 8.80.